The highest BCUT2D eigenvalue weighted by atomic mass is 16.5. The third-order valence-electron chi connectivity index (χ3n) is 2.14. The van der Waals surface area contributed by atoms with E-state index >= 15 is 0 Å². The van der Waals surface area contributed by atoms with Crippen LogP contribution in [0.25, 0.3) is 0 Å². The average molecular weight is 279 g/mol. The number of hydrogen-bond donors (Lipinski definition) is 1. The summed E-state index contributed by atoms with van der Waals surface area (Å²) in [5.74, 6) is -1.28. The van der Waals surface area contributed by atoms with Gasteiger partial charge in [-0.25, -0.2) is 0 Å². The third kappa shape index (κ3) is 14.8. The molecule has 0 aliphatic carbocycles. The van der Waals surface area contributed by atoms with Gasteiger partial charge < -0.3 is 14.6 Å². The molecule has 0 aromatic rings. The van der Waals surface area contributed by atoms with Gasteiger partial charge in [-0.1, -0.05) is 20.8 Å². The molecule has 0 radical (unpaired) electrons. The van der Waals surface area contributed by atoms with Crippen LogP contribution in [0.3, 0.4) is 0 Å². The lowest BCUT2D eigenvalue weighted by molar-refractivity contribution is -0.147. The molecule has 0 aromatic carbocycles. The minimum atomic E-state index is -0.900. The summed E-state index contributed by atoms with van der Waals surface area (Å²) in [4.78, 5) is 23.4. The molecule has 0 rings (SSSR count). The van der Waals surface area contributed by atoms with Gasteiger partial charge in [-0.15, -0.1) is 0 Å². The summed E-state index contributed by atoms with van der Waals surface area (Å²) in [6, 6.07) is -0.457. The van der Waals surface area contributed by atoms with Crippen LogP contribution in [0.1, 0.15) is 33.6 Å². The fraction of sp³-hybridized carbons (Fsp3) is 0.846. The van der Waals surface area contributed by atoms with Gasteiger partial charge in [-0.3, -0.25) is 14.5 Å². The Bertz CT molecular complexity index is 221. The van der Waals surface area contributed by atoms with E-state index in [1.54, 1.807) is 26.2 Å². The van der Waals surface area contributed by atoms with Crippen LogP contribution in [-0.2, 0) is 19.1 Å². The molecule has 1 N–H and O–H groups in total. The Hall–Kier alpha value is -1.14. The normalized spacial score (nSPS) is 10.5. The number of hydrogen-bond acceptors (Lipinski definition) is 5. The van der Waals surface area contributed by atoms with Gasteiger partial charge in [0.05, 0.1) is 7.11 Å². The van der Waals surface area contributed by atoms with Crippen LogP contribution in [0.4, 0.5) is 0 Å². The van der Waals surface area contributed by atoms with Crippen molar-refractivity contribution in [2.45, 2.75) is 39.7 Å². The molecule has 6 nitrogen and oxygen atoms in total. The maximum Gasteiger partial charge on any atom is 0.323 e. The number of aliphatic carboxylic acids is 1. The number of ether oxygens (including phenoxy) is 2. The van der Waals surface area contributed by atoms with Crippen molar-refractivity contribution in [3.8, 4) is 0 Å². The Balaban J connectivity index is -0.000000445. The second-order valence-electron chi connectivity index (χ2n) is 3.45. The largest absolute Gasteiger partial charge is 0.481 e. The summed E-state index contributed by atoms with van der Waals surface area (Å²) in [6.45, 7) is 6.58. The molecule has 0 aromatic heterocycles. The molecular formula is C13H29NO5. The Kier molecular flexibility index (Phi) is 20.4. The van der Waals surface area contributed by atoms with Crippen LogP contribution < -0.4 is 0 Å². The first-order chi connectivity index (χ1) is 8.94. The lowest BCUT2D eigenvalue weighted by Gasteiger charge is -2.23. The Morgan fingerprint density at radius 3 is 1.89 bits per heavy atom. The van der Waals surface area contributed by atoms with Crippen LogP contribution in [-0.4, -0.2) is 62.9 Å². The number of rotatable bonds is 6. The van der Waals surface area contributed by atoms with Gasteiger partial charge in [0, 0.05) is 20.6 Å². The van der Waals surface area contributed by atoms with Crippen molar-refractivity contribution in [1.82, 2.24) is 4.90 Å². The zero-order valence-electron chi connectivity index (χ0n) is 13.2. The lowest BCUT2D eigenvalue weighted by atomic mass is 10.1. The lowest BCUT2D eigenvalue weighted by Crippen LogP contribution is -2.39. The third-order valence-corrected chi connectivity index (χ3v) is 2.14. The monoisotopic (exact) mass is 279 g/mol. The molecule has 0 saturated heterocycles. The number of carboxylic acids is 1. The number of carbonyl (C=O) groups is 2. The molecule has 6 heteroatoms. The number of nitrogens with zero attached hydrogens (tertiary/aromatic N) is 1. The van der Waals surface area contributed by atoms with Gasteiger partial charge in [-0.05, 0) is 20.0 Å². The molecule has 0 fully saturated rings. The van der Waals surface area contributed by atoms with E-state index in [1.807, 2.05) is 20.8 Å². The first-order valence-electron chi connectivity index (χ1n) is 6.34. The summed E-state index contributed by atoms with van der Waals surface area (Å²) in [5.41, 5.74) is 0. The minimum Gasteiger partial charge on any atom is -0.481 e. The van der Waals surface area contributed by atoms with Crippen molar-refractivity contribution in [3.05, 3.63) is 0 Å². The minimum absolute atomic E-state index is 0.0237. The SMILES string of the molecule is CC.CCN(C)C(CCC(=O)O)C(=O)OC.COC. The number of esters is 1. The summed E-state index contributed by atoms with van der Waals surface area (Å²) in [7, 11) is 6.32. The van der Waals surface area contributed by atoms with Crippen LogP contribution in [0.5, 0.6) is 0 Å². The molecule has 0 bridgehead atoms. The predicted molar refractivity (Wildman–Crippen MR) is 75.3 cm³/mol. The van der Waals surface area contributed by atoms with Gasteiger partial charge in [-0.2, -0.15) is 0 Å². The van der Waals surface area contributed by atoms with Gasteiger partial charge >= 0.3 is 11.9 Å². The van der Waals surface area contributed by atoms with Gasteiger partial charge in [0.25, 0.3) is 0 Å². The standard InChI is InChI=1S/C9H17NO4.C2H6O.C2H6/c1-4-10(2)7(9(13)14-3)5-6-8(11)12;1-3-2;1-2/h7H,4-6H2,1-3H3,(H,11,12);1-2H3;1-2H3. The van der Waals surface area contributed by atoms with Crippen molar-refractivity contribution in [1.29, 1.82) is 0 Å². The molecule has 0 amide bonds. The number of methoxy groups -OCH3 is 2. The molecule has 0 spiro atoms. The first kappa shape index (κ1) is 23.0. The second-order valence-corrected chi connectivity index (χ2v) is 3.45. The van der Waals surface area contributed by atoms with Crippen LogP contribution in [0.15, 0.2) is 0 Å². The van der Waals surface area contributed by atoms with Crippen molar-refractivity contribution >= 4 is 11.9 Å². The quantitative estimate of drug-likeness (QED) is 0.745. The summed E-state index contributed by atoms with van der Waals surface area (Å²) in [6.07, 6.45) is 0.260. The Labute approximate surface area is 116 Å². The first-order valence-corrected chi connectivity index (χ1v) is 6.34. The van der Waals surface area contributed by atoms with Crippen LogP contribution in [0, 0.1) is 0 Å². The van der Waals surface area contributed by atoms with Gasteiger partial charge in [0.1, 0.15) is 6.04 Å². The average Bonchev–Trinajstić information content (AvgIpc) is 2.41. The van der Waals surface area contributed by atoms with E-state index in [1.165, 1.54) is 7.11 Å². The maximum absolute atomic E-state index is 11.3. The number of carboxylic acid groups (broad SMARTS) is 1. The maximum atomic E-state index is 11.3. The van der Waals surface area contributed by atoms with E-state index in [0.717, 1.165) is 0 Å². The highest BCUT2D eigenvalue weighted by Crippen LogP contribution is 2.06. The summed E-state index contributed by atoms with van der Waals surface area (Å²) in [5, 5.41) is 8.50. The second kappa shape index (κ2) is 16.9. The van der Waals surface area contributed by atoms with E-state index in [-0.39, 0.29) is 18.8 Å². The van der Waals surface area contributed by atoms with E-state index in [0.29, 0.717) is 6.54 Å². The van der Waals surface area contributed by atoms with E-state index in [4.69, 9.17) is 5.11 Å². The summed E-state index contributed by atoms with van der Waals surface area (Å²) < 4.78 is 8.84. The highest BCUT2D eigenvalue weighted by molar-refractivity contribution is 5.76. The molecule has 116 valence electrons. The Morgan fingerprint density at radius 2 is 1.63 bits per heavy atom. The molecule has 1 unspecified atom stereocenters. The van der Waals surface area contributed by atoms with E-state index in [2.05, 4.69) is 9.47 Å². The molecule has 1 atom stereocenters. The van der Waals surface area contributed by atoms with E-state index in [9.17, 15) is 9.59 Å². The fourth-order valence-electron chi connectivity index (χ4n) is 1.13. The fourth-order valence-corrected chi connectivity index (χ4v) is 1.13. The molecular weight excluding hydrogens is 250 g/mol. The zero-order valence-corrected chi connectivity index (χ0v) is 13.2. The number of likely N-dealkylation sites (N-methyl/N-ethyl adjacent to an activating group) is 1. The molecule has 0 saturated carbocycles. The number of carbonyl (C=O) groups excluding carboxylic acids is 1. The van der Waals surface area contributed by atoms with Gasteiger partial charge in [0.2, 0.25) is 0 Å². The smallest absolute Gasteiger partial charge is 0.323 e. The van der Waals surface area contributed by atoms with Crippen molar-refractivity contribution in [3.63, 3.8) is 0 Å². The molecule has 0 heterocycles. The Morgan fingerprint density at radius 1 is 1.21 bits per heavy atom. The van der Waals surface area contributed by atoms with Crippen molar-refractivity contribution < 1.29 is 24.2 Å². The molecule has 0 aliphatic rings. The van der Waals surface area contributed by atoms with Crippen LogP contribution >= 0.6 is 0 Å². The molecule has 19 heavy (non-hydrogen) atoms. The molecule has 0 aliphatic heterocycles. The zero-order chi connectivity index (χ0) is 15.8. The van der Waals surface area contributed by atoms with E-state index < -0.39 is 12.0 Å². The van der Waals surface area contributed by atoms with Crippen molar-refractivity contribution in [2.75, 3.05) is 34.9 Å². The predicted octanol–water partition coefficient (Wildman–Crippen LogP) is 1.63. The highest BCUT2D eigenvalue weighted by Gasteiger charge is 2.23. The van der Waals surface area contributed by atoms with Gasteiger partial charge in [0.15, 0.2) is 0 Å². The van der Waals surface area contributed by atoms with Crippen LogP contribution in [0.2, 0.25) is 0 Å². The topological polar surface area (TPSA) is 76.1 Å². The summed E-state index contributed by atoms with van der Waals surface area (Å²) >= 11 is 0. The van der Waals surface area contributed by atoms with Crippen molar-refractivity contribution in [2.24, 2.45) is 0 Å².